The van der Waals surface area contributed by atoms with E-state index in [0.717, 1.165) is 0 Å². The fraction of sp³-hybridized carbons (Fsp3) is 0.680. The third-order valence-electron chi connectivity index (χ3n) is 7.23. The van der Waals surface area contributed by atoms with Crippen molar-refractivity contribution >= 4 is 44.1 Å². The van der Waals surface area contributed by atoms with Crippen molar-refractivity contribution in [1.29, 1.82) is 0 Å². The van der Waals surface area contributed by atoms with E-state index in [2.05, 4.69) is 22.6 Å². The minimum atomic E-state index is -3.65. The van der Waals surface area contributed by atoms with E-state index in [9.17, 15) is 41.1 Å². The van der Waals surface area contributed by atoms with Crippen LogP contribution < -0.4 is 0 Å². The van der Waals surface area contributed by atoms with Gasteiger partial charge in [0.1, 0.15) is 41.0 Å². The van der Waals surface area contributed by atoms with E-state index in [4.69, 9.17) is 27.7 Å². The number of ether oxygens (including phenoxy) is 5. The minimum Gasteiger partial charge on any atom is -0.479 e. The number of aliphatic carboxylic acids is 1. The van der Waals surface area contributed by atoms with Crippen LogP contribution in [0.15, 0.2) is 24.3 Å². The predicted molar refractivity (Wildman–Crippen MR) is 144 cm³/mol. The fourth-order valence-corrected chi connectivity index (χ4v) is 8.59. The number of hydrogen-bond acceptors (Lipinski definition) is 16. The van der Waals surface area contributed by atoms with Crippen LogP contribution in [0.3, 0.4) is 0 Å². The molecule has 0 aromatic rings. The SMILES string of the molecule is C.C=C(C)C(=O)OCC(=O)O.C=C(C)C(=O)OCC(=O)OC1C2CC3C(O2)C1OS3(=O)=O.O=S1(=O)OC2C(O)C3CC1C2O3. The van der Waals surface area contributed by atoms with E-state index in [0.29, 0.717) is 6.42 Å². The van der Waals surface area contributed by atoms with Gasteiger partial charge < -0.3 is 33.9 Å². The molecular weight excluding hydrogens is 636 g/mol. The Labute approximate surface area is 253 Å². The first kappa shape index (κ1) is 35.5. The smallest absolute Gasteiger partial charge is 0.344 e. The van der Waals surface area contributed by atoms with Crippen molar-refractivity contribution in [3.8, 4) is 0 Å². The Bertz CT molecular complexity index is 1420. The second-order valence-electron chi connectivity index (χ2n) is 10.5. The molecule has 0 spiro atoms. The molecule has 0 aliphatic carbocycles. The quantitative estimate of drug-likeness (QED) is 0.139. The monoisotopic (exact) mass is 670 g/mol. The Kier molecular flexibility index (Phi) is 10.7. The van der Waals surface area contributed by atoms with Crippen LogP contribution in [0, 0.1) is 0 Å². The van der Waals surface area contributed by atoms with Crippen LogP contribution in [0.4, 0.5) is 0 Å². The summed E-state index contributed by atoms with van der Waals surface area (Å²) in [6, 6.07) is 0. The summed E-state index contributed by atoms with van der Waals surface area (Å²) in [6.07, 6.45) is -4.21. The third-order valence-corrected chi connectivity index (χ3v) is 10.6. The molecule has 17 nitrogen and oxygen atoms in total. The van der Waals surface area contributed by atoms with Crippen molar-refractivity contribution < 1.29 is 78.3 Å². The maximum Gasteiger partial charge on any atom is 0.344 e. The van der Waals surface area contributed by atoms with Crippen molar-refractivity contribution in [2.45, 2.75) is 93.4 Å². The molecule has 6 aliphatic heterocycles. The molecule has 6 heterocycles. The number of carbonyl (C=O) groups is 4. The predicted octanol–water partition coefficient (Wildman–Crippen LogP) is -1.27. The zero-order valence-electron chi connectivity index (χ0n) is 22.9. The van der Waals surface area contributed by atoms with Gasteiger partial charge in [0.05, 0.1) is 12.2 Å². The lowest BCUT2D eigenvalue weighted by Crippen LogP contribution is -2.42. The average molecular weight is 671 g/mol. The second-order valence-corrected chi connectivity index (χ2v) is 14.1. The van der Waals surface area contributed by atoms with Crippen LogP contribution in [0.5, 0.6) is 0 Å². The van der Waals surface area contributed by atoms with Gasteiger partial charge in [-0.05, 0) is 26.7 Å². The van der Waals surface area contributed by atoms with Crippen molar-refractivity contribution in [3.05, 3.63) is 24.3 Å². The maximum absolute atomic E-state index is 11.7. The average Bonchev–Trinajstić information content (AvgIpc) is 3.72. The van der Waals surface area contributed by atoms with Gasteiger partial charge in [-0.25, -0.2) is 19.2 Å². The molecule has 6 saturated heterocycles. The summed E-state index contributed by atoms with van der Waals surface area (Å²) in [4.78, 5) is 43.1. The number of carboxylic acids is 1. The number of carboxylic acid groups (broad SMARTS) is 1. The second kappa shape index (κ2) is 13.2. The maximum atomic E-state index is 11.7. The Morgan fingerprint density at radius 1 is 0.773 bits per heavy atom. The summed E-state index contributed by atoms with van der Waals surface area (Å²) in [5.41, 5.74) is 0.361. The highest BCUT2D eigenvalue weighted by Crippen LogP contribution is 2.48. The highest BCUT2D eigenvalue weighted by atomic mass is 32.2. The molecule has 0 aromatic carbocycles. The third kappa shape index (κ3) is 7.13. The van der Waals surface area contributed by atoms with E-state index in [1.54, 1.807) is 0 Å². The van der Waals surface area contributed by atoms with Gasteiger partial charge in [-0.2, -0.15) is 16.8 Å². The van der Waals surface area contributed by atoms with Crippen molar-refractivity contribution in [3.63, 3.8) is 0 Å². The minimum absolute atomic E-state index is 0. The summed E-state index contributed by atoms with van der Waals surface area (Å²) in [6.45, 7) is 8.38. The number of esters is 3. The molecule has 44 heavy (non-hydrogen) atoms. The number of rotatable bonds is 7. The molecular formula is C25H34O17S2. The molecule has 2 N–H and O–H groups in total. The first-order chi connectivity index (χ1) is 19.9. The van der Waals surface area contributed by atoms with Gasteiger partial charge in [0.25, 0.3) is 20.2 Å². The van der Waals surface area contributed by atoms with Crippen molar-refractivity contribution in [1.82, 2.24) is 0 Å². The molecule has 6 aliphatic rings. The van der Waals surface area contributed by atoms with E-state index < -0.39 is 111 Å². The zero-order chi connectivity index (χ0) is 32.0. The highest BCUT2D eigenvalue weighted by Gasteiger charge is 2.67. The molecule has 6 rings (SSSR count). The van der Waals surface area contributed by atoms with Gasteiger partial charge in [0, 0.05) is 11.1 Å². The Morgan fingerprint density at radius 3 is 1.70 bits per heavy atom. The van der Waals surface area contributed by atoms with Gasteiger partial charge in [0.2, 0.25) is 0 Å². The molecule has 0 saturated carbocycles. The number of carbonyl (C=O) groups excluding carboxylic acids is 3. The standard InChI is InChI=1S/C12H14O8S.C6H8O5S.C6H8O4.CH4/c1-5(2)12(14)17-4-8(13)19-9-6-3-7-10(18-6)11(9)20-21(7,15)16;7-4-2-1-3-5(10-2)6(4)11-12(3,8)9;1-4(2)6(9)10-3-5(7)8;/h6-7,9-11H,1,3-4H2,2H3;2-7H,1H2;1,3H2,2H3,(H,7,8);1H4. The van der Waals surface area contributed by atoms with Crippen LogP contribution >= 0.6 is 0 Å². The van der Waals surface area contributed by atoms with Gasteiger partial charge in [-0.1, -0.05) is 20.6 Å². The van der Waals surface area contributed by atoms with Gasteiger partial charge in [0.15, 0.2) is 19.3 Å². The zero-order valence-corrected chi connectivity index (χ0v) is 24.5. The van der Waals surface area contributed by atoms with E-state index >= 15 is 0 Å². The summed E-state index contributed by atoms with van der Waals surface area (Å²) >= 11 is 0. The van der Waals surface area contributed by atoms with Crippen molar-refractivity contribution in [2.75, 3.05) is 13.2 Å². The largest absolute Gasteiger partial charge is 0.479 e. The van der Waals surface area contributed by atoms with Crippen LogP contribution in [-0.4, -0.2) is 123 Å². The van der Waals surface area contributed by atoms with Gasteiger partial charge in [-0.15, -0.1) is 0 Å². The number of hydrogen-bond donors (Lipinski definition) is 2. The van der Waals surface area contributed by atoms with Crippen LogP contribution in [0.1, 0.15) is 34.1 Å². The summed E-state index contributed by atoms with van der Waals surface area (Å²) in [5, 5.41) is 16.3. The van der Waals surface area contributed by atoms with Crippen LogP contribution in [0.2, 0.25) is 0 Å². The fourth-order valence-electron chi connectivity index (χ4n) is 5.29. The Morgan fingerprint density at radius 2 is 1.23 bits per heavy atom. The van der Waals surface area contributed by atoms with Crippen molar-refractivity contribution in [2.24, 2.45) is 0 Å². The molecule has 0 radical (unpaired) electrons. The molecule has 0 amide bonds. The number of aliphatic hydroxyl groups excluding tert-OH is 1. The van der Waals surface area contributed by atoms with Gasteiger partial charge in [-0.3, -0.25) is 8.37 Å². The lowest BCUT2D eigenvalue weighted by atomic mass is 9.94. The summed E-state index contributed by atoms with van der Waals surface area (Å²) in [5.74, 6) is -3.33. The number of aliphatic hydroxyl groups is 1. The van der Waals surface area contributed by atoms with E-state index in [1.165, 1.54) is 13.8 Å². The normalized spacial score (nSPS) is 36.4. The van der Waals surface area contributed by atoms with E-state index in [1.807, 2.05) is 0 Å². The van der Waals surface area contributed by atoms with E-state index in [-0.39, 0.29) is 31.1 Å². The molecule has 248 valence electrons. The lowest BCUT2D eigenvalue weighted by Gasteiger charge is -2.21. The number of fused-ring (bicyclic) bond motifs is 2. The first-order valence-electron chi connectivity index (χ1n) is 12.8. The Hall–Kier alpha value is -2.94. The molecule has 10 unspecified atom stereocenters. The molecule has 4 bridgehead atoms. The lowest BCUT2D eigenvalue weighted by molar-refractivity contribution is -0.164. The molecule has 19 heteroatoms. The highest BCUT2D eigenvalue weighted by molar-refractivity contribution is 7.88. The van der Waals surface area contributed by atoms with Crippen LogP contribution in [0.25, 0.3) is 0 Å². The summed E-state index contributed by atoms with van der Waals surface area (Å²) in [7, 11) is -7.10. The first-order valence-corrected chi connectivity index (χ1v) is 15.8. The summed E-state index contributed by atoms with van der Waals surface area (Å²) < 4.78 is 80.2. The molecule has 0 aromatic heterocycles. The Balaban J connectivity index is 0.000000196. The van der Waals surface area contributed by atoms with Crippen LogP contribution in [-0.2, 0) is 71.5 Å². The molecule has 10 atom stereocenters. The molecule has 6 fully saturated rings. The van der Waals surface area contributed by atoms with Gasteiger partial charge >= 0.3 is 23.9 Å². The topological polar surface area (TPSA) is 242 Å².